The molecule has 0 aromatic carbocycles. The number of rotatable bonds is 2. The van der Waals surface area contributed by atoms with Crippen LogP contribution in [0.2, 0.25) is 0 Å². The SMILES string of the molecule is Cc1nc(N2CCCCC2C)ccc1CCl. The van der Waals surface area contributed by atoms with Gasteiger partial charge in [0.25, 0.3) is 0 Å². The van der Waals surface area contributed by atoms with E-state index in [2.05, 4.69) is 28.9 Å². The van der Waals surface area contributed by atoms with Crippen LogP contribution in [-0.2, 0) is 5.88 Å². The molecule has 0 radical (unpaired) electrons. The van der Waals surface area contributed by atoms with Gasteiger partial charge in [0.05, 0.1) is 0 Å². The third kappa shape index (κ3) is 2.32. The molecule has 2 heterocycles. The lowest BCUT2D eigenvalue weighted by Gasteiger charge is -2.34. The number of halogens is 1. The van der Waals surface area contributed by atoms with Crippen LogP contribution in [0.5, 0.6) is 0 Å². The van der Waals surface area contributed by atoms with Crippen molar-refractivity contribution in [3.63, 3.8) is 0 Å². The number of aromatic nitrogens is 1. The Bertz CT molecular complexity index is 365. The molecular formula is C13H19ClN2. The first kappa shape index (κ1) is 11.7. The highest BCUT2D eigenvalue weighted by Crippen LogP contribution is 2.24. The van der Waals surface area contributed by atoms with Crippen LogP contribution in [0.4, 0.5) is 5.82 Å². The van der Waals surface area contributed by atoms with Crippen molar-refractivity contribution in [1.82, 2.24) is 4.98 Å². The highest BCUT2D eigenvalue weighted by molar-refractivity contribution is 6.17. The second kappa shape index (κ2) is 5.05. The summed E-state index contributed by atoms with van der Waals surface area (Å²) in [6.07, 6.45) is 3.90. The van der Waals surface area contributed by atoms with E-state index in [4.69, 9.17) is 11.6 Å². The fourth-order valence-corrected chi connectivity index (χ4v) is 2.60. The maximum atomic E-state index is 5.85. The Morgan fingerprint density at radius 2 is 2.25 bits per heavy atom. The highest BCUT2D eigenvalue weighted by atomic mass is 35.5. The Labute approximate surface area is 103 Å². The fourth-order valence-electron chi connectivity index (χ4n) is 2.32. The van der Waals surface area contributed by atoms with Gasteiger partial charge in [-0.05, 0) is 44.7 Å². The molecule has 1 aromatic heterocycles. The maximum absolute atomic E-state index is 5.85. The van der Waals surface area contributed by atoms with Gasteiger partial charge in [-0.1, -0.05) is 6.07 Å². The minimum absolute atomic E-state index is 0.550. The van der Waals surface area contributed by atoms with Crippen molar-refractivity contribution in [2.45, 2.75) is 45.0 Å². The number of anilines is 1. The topological polar surface area (TPSA) is 16.1 Å². The molecular weight excluding hydrogens is 220 g/mol. The molecule has 88 valence electrons. The molecule has 3 heteroatoms. The van der Waals surface area contributed by atoms with Crippen molar-refractivity contribution in [3.8, 4) is 0 Å². The Kier molecular flexibility index (Phi) is 3.70. The molecule has 1 atom stereocenters. The van der Waals surface area contributed by atoms with Gasteiger partial charge < -0.3 is 4.90 Å². The molecule has 0 N–H and O–H groups in total. The zero-order valence-corrected chi connectivity index (χ0v) is 10.8. The summed E-state index contributed by atoms with van der Waals surface area (Å²) < 4.78 is 0. The van der Waals surface area contributed by atoms with Crippen molar-refractivity contribution in [3.05, 3.63) is 23.4 Å². The number of alkyl halides is 1. The summed E-state index contributed by atoms with van der Waals surface area (Å²) in [6, 6.07) is 4.82. The number of hydrogen-bond donors (Lipinski definition) is 0. The summed E-state index contributed by atoms with van der Waals surface area (Å²) in [6.45, 7) is 5.45. The summed E-state index contributed by atoms with van der Waals surface area (Å²) in [7, 11) is 0. The fraction of sp³-hybridized carbons (Fsp3) is 0.615. The van der Waals surface area contributed by atoms with Gasteiger partial charge in [-0.3, -0.25) is 0 Å². The van der Waals surface area contributed by atoms with Crippen molar-refractivity contribution >= 4 is 17.4 Å². The lowest BCUT2D eigenvalue weighted by Crippen LogP contribution is -2.38. The van der Waals surface area contributed by atoms with Gasteiger partial charge in [-0.25, -0.2) is 4.98 Å². The van der Waals surface area contributed by atoms with Gasteiger partial charge in [0.15, 0.2) is 0 Å². The standard InChI is InChI=1S/C13H19ClN2/c1-10-5-3-4-8-16(10)13-7-6-12(9-14)11(2)15-13/h6-7,10H,3-5,8-9H2,1-2H3. The van der Waals surface area contributed by atoms with E-state index in [9.17, 15) is 0 Å². The van der Waals surface area contributed by atoms with E-state index in [1.54, 1.807) is 0 Å². The monoisotopic (exact) mass is 238 g/mol. The molecule has 1 fully saturated rings. The lowest BCUT2D eigenvalue weighted by atomic mass is 10.0. The van der Waals surface area contributed by atoms with Crippen molar-refractivity contribution < 1.29 is 0 Å². The predicted molar refractivity (Wildman–Crippen MR) is 69.2 cm³/mol. The van der Waals surface area contributed by atoms with Crippen molar-refractivity contribution in [1.29, 1.82) is 0 Å². The van der Waals surface area contributed by atoms with Crippen molar-refractivity contribution in [2.24, 2.45) is 0 Å². The van der Waals surface area contributed by atoms with Gasteiger partial charge in [0.2, 0.25) is 0 Å². The van der Waals surface area contributed by atoms with E-state index in [-0.39, 0.29) is 0 Å². The average molecular weight is 239 g/mol. The van der Waals surface area contributed by atoms with Gasteiger partial charge in [0, 0.05) is 24.2 Å². The first-order valence-electron chi connectivity index (χ1n) is 6.01. The zero-order valence-electron chi connectivity index (χ0n) is 10.0. The van der Waals surface area contributed by atoms with Crippen LogP contribution in [0, 0.1) is 6.92 Å². The van der Waals surface area contributed by atoms with Crippen LogP contribution in [-0.4, -0.2) is 17.6 Å². The Balaban J connectivity index is 2.22. The summed E-state index contributed by atoms with van der Waals surface area (Å²) in [5.41, 5.74) is 2.19. The maximum Gasteiger partial charge on any atom is 0.129 e. The molecule has 0 bridgehead atoms. The summed E-state index contributed by atoms with van der Waals surface area (Å²) >= 11 is 5.85. The molecule has 1 aliphatic rings. The highest BCUT2D eigenvalue weighted by Gasteiger charge is 2.19. The number of hydrogen-bond acceptors (Lipinski definition) is 2. The van der Waals surface area contributed by atoms with E-state index in [1.807, 2.05) is 6.92 Å². The predicted octanol–water partition coefficient (Wildman–Crippen LogP) is 3.51. The van der Waals surface area contributed by atoms with Crippen LogP contribution in [0.15, 0.2) is 12.1 Å². The average Bonchev–Trinajstić information content (AvgIpc) is 2.29. The zero-order chi connectivity index (χ0) is 11.5. The normalized spacial score (nSPS) is 21.2. The Morgan fingerprint density at radius 3 is 2.88 bits per heavy atom. The molecule has 2 nitrogen and oxygen atoms in total. The van der Waals surface area contributed by atoms with Gasteiger partial charge in [-0.15, -0.1) is 11.6 Å². The van der Waals surface area contributed by atoms with Gasteiger partial charge >= 0.3 is 0 Å². The van der Waals surface area contributed by atoms with E-state index in [0.29, 0.717) is 11.9 Å². The minimum atomic E-state index is 0.550. The number of pyridine rings is 1. The quantitative estimate of drug-likeness (QED) is 0.733. The third-order valence-corrected chi connectivity index (χ3v) is 3.71. The first-order chi connectivity index (χ1) is 7.72. The lowest BCUT2D eigenvalue weighted by molar-refractivity contribution is 0.481. The molecule has 0 spiro atoms. The van der Waals surface area contributed by atoms with Crippen LogP contribution < -0.4 is 4.90 Å². The minimum Gasteiger partial charge on any atom is -0.354 e. The Morgan fingerprint density at radius 1 is 1.44 bits per heavy atom. The summed E-state index contributed by atoms with van der Waals surface area (Å²) in [5, 5.41) is 0. The molecule has 2 rings (SSSR count). The summed E-state index contributed by atoms with van der Waals surface area (Å²) in [4.78, 5) is 7.07. The van der Waals surface area contributed by atoms with Gasteiger partial charge in [0.1, 0.15) is 5.82 Å². The molecule has 1 saturated heterocycles. The third-order valence-electron chi connectivity index (χ3n) is 3.42. The number of piperidine rings is 1. The number of nitrogens with zero attached hydrogens (tertiary/aromatic N) is 2. The second-order valence-electron chi connectivity index (χ2n) is 4.59. The number of aryl methyl sites for hydroxylation is 1. The van der Waals surface area contributed by atoms with E-state index in [1.165, 1.54) is 19.3 Å². The van der Waals surface area contributed by atoms with E-state index >= 15 is 0 Å². The van der Waals surface area contributed by atoms with Crippen LogP contribution >= 0.6 is 11.6 Å². The molecule has 1 aromatic rings. The molecule has 1 aliphatic heterocycles. The first-order valence-corrected chi connectivity index (χ1v) is 6.55. The smallest absolute Gasteiger partial charge is 0.129 e. The van der Waals surface area contributed by atoms with E-state index < -0.39 is 0 Å². The molecule has 16 heavy (non-hydrogen) atoms. The molecule has 0 amide bonds. The largest absolute Gasteiger partial charge is 0.354 e. The van der Waals surface area contributed by atoms with E-state index in [0.717, 1.165) is 23.6 Å². The van der Waals surface area contributed by atoms with Crippen molar-refractivity contribution in [2.75, 3.05) is 11.4 Å². The van der Waals surface area contributed by atoms with Crippen LogP contribution in [0.1, 0.15) is 37.4 Å². The Hall–Kier alpha value is -0.760. The molecule has 0 aliphatic carbocycles. The van der Waals surface area contributed by atoms with Crippen LogP contribution in [0.3, 0.4) is 0 Å². The van der Waals surface area contributed by atoms with Crippen LogP contribution in [0.25, 0.3) is 0 Å². The molecule has 1 unspecified atom stereocenters. The molecule has 0 saturated carbocycles. The van der Waals surface area contributed by atoms with Gasteiger partial charge in [-0.2, -0.15) is 0 Å². The second-order valence-corrected chi connectivity index (χ2v) is 4.85. The summed E-state index contributed by atoms with van der Waals surface area (Å²) in [5.74, 6) is 1.66.